The standard InChI is InChI=1S/C12H16N6O/c1-17-8-9(6-16-17)10-7-15-12-11(14-3-5-19)13-2-4-18(10)12/h2,4,6,8,10,19H,3,5,7H2,1H3,(H,13,14). The van der Waals surface area contributed by atoms with Gasteiger partial charge >= 0.3 is 0 Å². The Balaban J connectivity index is 1.85. The van der Waals surface area contributed by atoms with Crippen LogP contribution in [0.2, 0.25) is 0 Å². The van der Waals surface area contributed by atoms with Gasteiger partial charge in [0.1, 0.15) is 0 Å². The topological polar surface area (TPSA) is 78.0 Å². The van der Waals surface area contributed by atoms with Gasteiger partial charge < -0.3 is 15.3 Å². The molecule has 0 saturated heterocycles. The van der Waals surface area contributed by atoms with E-state index >= 15 is 0 Å². The van der Waals surface area contributed by atoms with E-state index in [4.69, 9.17) is 5.11 Å². The zero-order chi connectivity index (χ0) is 13.2. The molecule has 1 aromatic rings. The van der Waals surface area contributed by atoms with Gasteiger partial charge in [-0.2, -0.15) is 5.10 Å². The van der Waals surface area contributed by atoms with E-state index in [0.717, 1.165) is 11.4 Å². The Bertz CT molecular complexity index is 558. The number of nitrogens with zero attached hydrogens (tertiary/aromatic N) is 5. The summed E-state index contributed by atoms with van der Waals surface area (Å²) in [5.41, 5.74) is 1.13. The molecule has 0 fully saturated rings. The van der Waals surface area contributed by atoms with Crippen molar-refractivity contribution in [3.8, 4) is 0 Å². The summed E-state index contributed by atoms with van der Waals surface area (Å²) < 4.78 is 1.79. The highest BCUT2D eigenvalue weighted by molar-refractivity contribution is 6.41. The van der Waals surface area contributed by atoms with Gasteiger partial charge in [0.25, 0.3) is 0 Å². The fraction of sp³-hybridized carbons (Fsp3) is 0.417. The summed E-state index contributed by atoms with van der Waals surface area (Å²) in [5, 5.41) is 16.1. The number of nitrogens with one attached hydrogen (secondary N) is 1. The number of aliphatic hydroxyl groups is 1. The summed E-state index contributed by atoms with van der Waals surface area (Å²) in [5.74, 6) is 1.53. The van der Waals surface area contributed by atoms with Crippen molar-refractivity contribution in [1.82, 2.24) is 20.0 Å². The Hall–Kier alpha value is -2.15. The molecule has 19 heavy (non-hydrogen) atoms. The largest absolute Gasteiger partial charge is 0.394 e. The summed E-state index contributed by atoms with van der Waals surface area (Å²) in [6.45, 7) is 1.10. The van der Waals surface area contributed by atoms with Gasteiger partial charge in [0.15, 0.2) is 11.7 Å². The lowest BCUT2D eigenvalue weighted by Crippen LogP contribution is -2.41. The quantitative estimate of drug-likeness (QED) is 0.778. The van der Waals surface area contributed by atoms with Crippen LogP contribution in [0.4, 0.5) is 0 Å². The predicted molar refractivity (Wildman–Crippen MR) is 71.8 cm³/mol. The molecule has 0 aliphatic carbocycles. The maximum absolute atomic E-state index is 8.85. The fourth-order valence-electron chi connectivity index (χ4n) is 2.28. The SMILES string of the molecule is Cn1cc(C2CN=C3C(=NCCO)NC=CN32)cn1. The molecule has 7 nitrogen and oxygen atoms in total. The molecule has 1 aromatic heterocycles. The minimum atomic E-state index is 0.0359. The second-order valence-electron chi connectivity index (χ2n) is 4.45. The second-order valence-corrected chi connectivity index (χ2v) is 4.45. The van der Waals surface area contributed by atoms with Gasteiger partial charge in [-0.05, 0) is 0 Å². The highest BCUT2D eigenvalue weighted by atomic mass is 16.3. The molecule has 0 saturated carbocycles. The van der Waals surface area contributed by atoms with Crippen LogP contribution in [0.1, 0.15) is 11.6 Å². The first-order valence-corrected chi connectivity index (χ1v) is 6.20. The zero-order valence-electron chi connectivity index (χ0n) is 10.7. The molecular formula is C12H16N6O. The smallest absolute Gasteiger partial charge is 0.171 e. The van der Waals surface area contributed by atoms with Crippen molar-refractivity contribution < 1.29 is 5.11 Å². The average Bonchev–Trinajstić information content (AvgIpc) is 3.02. The third-order valence-electron chi connectivity index (χ3n) is 3.14. The highest BCUT2D eigenvalue weighted by Crippen LogP contribution is 2.27. The van der Waals surface area contributed by atoms with Crippen LogP contribution < -0.4 is 5.32 Å². The highest BCUT2D eigenvalue weighted by Gasteiger charge is 2.32. The van der Waals surface area contributed by atoms with E-state index in [1.54, 1.807) is 4.68 Å². The van der Waals surface area contributed by atoms with E-state index in [1.165, 1.54) is 0 Å². The third kappa shape index (κ3) is 2.12. The third-order valence-corrected chi connectivity index (χ3v) is 3.14. The number of rotatable bonds is 3. The molecule has 7 heteroatoms. The number of aliphatic hydroxyl groups excluding tert-OH is 1. The number of aromatic nitrogens is 2. The summed E-state index contributed by atoms with van der Waals surface area (Å²) in [6, 6.07) is 0.168. The molecule has 3 rings (SSSR count). The molecule has 2 aliphatic rings. The van der Waals surface area contributed by atoms with Gasteiger partial charge in [0.05, 0.1) is 31.9 Å². The maximum Gasteiger partial charge on any atom is 0.171 e. The molecular weight excluding hydrogens is 244 g/mol. The number of aryl methyl sites for hydroxylation is 1. The van der Waals surface area contributed by atoms with E-state index in [0.29, 0.717) is 18.9 Å². The molecule has 100 valence electrons. The van der Waals surface area contributed by atoms with Gasteiger partial charge in [-0.25, -0.2) is 0 Å². The van der Waals surface area contributed by atoms with E-state index < -0.39 is 0 Å². The Labute approximate surface area is 111 Å². The molecule has 0 amide bonds. The van der Waals surface area contributed by atoms with Crippen LogP contribution >= 0.6 is 0 Å². The first kappa shape index (κ1) is 11.9. The summed E-state index contributed by atoms with van der Waals surface area (Å²) in [4.78, 5) is 10.9. The van der Waals surface area contributed by atoms with Crippen molar-refractivity contribution in [3.05, 3.63) is 30.4 Å². The lowest BCUT2D eigenvalue weighted by atomic mass is 10.1. The first-order chi connectivity index (χ1) is 9.29. The first-order valence-electron chi connectivity index (χ1n) is 6.20. The summed E-state index contributed by atoms with van der Waals surface area (Å²) >= 11 is 0. The van der Waals surface area contributed by atoms with Crippen LogP contribution in [0, 0.1) is 0 Å². The normalized spacial score (nSPS) is 23.5. The van der Waals surface area contributed by atoms with Crippen LogP contribution in [0.3, 0.4) is 0 Å². The van der Waals surface area contributed by atoms with Crippen molar-refractivity contribution in [1.29, 1.82) is 0 Å². The van der Waals surface area contributed by atoms with E-state index in [-0.39, 0.29) is 12.6 Å². The Morgan fingerprint density at radius 3 is 3.21 bits per heavy atom. The Morgan fingerprint density at radius 1 is 1.58 bits per heavy atom. The summed E-state index contributed by atoms with van der Waals surface area (Å²) in [6.07, 6.45) is 7.67. The average molecular weight is 260 g/mol. The molecule has 0 radical (unpaired) electrons. The number of amidine groups is 2. The minimum absolute atomic E-state index is 0.0359. The zero-order valence-corrected chi connectivity index (χ0v) is 10.7. The van der Waals surface area contributed by atoms with Crippen molar-refractivity contribution in [2.45, 2.75) is 6.04 Å². The van der Waals surface area contributed by atoms with Gasteiger partial charge in [-0.1, -0.05) is 0 Å². The fourth-order valence-corrected chi connectivity index (χ4v) is 2.28. The van der Waals surface area contributed by atoms with Crippen LogP contribution in [0.5, 0.6) is 0 Å². The second kappa shape index (κ2) is 4.85. The van der Waals surface area contributed by atoms with E-state index in [1.807, 2.05) is 31.8 Å². The summed E-state index contributed by atoms with van der Waals surface area (Å²) in [7, 11) is 1.90. The minimum Gasteiger partial charge on any atom is -0.394 e. The molecule has 0 spiro atoms. The number of hydrogen-bond acceptors (Lipinski definition) is 5. The number of aliphatic imine (C=N–C) groups is 2. The van der Waals surface area contributed by atoms with E-state index in [2.05, 4.69) is 25.3 Å². The molecule has 0 aromatic carbocycles. The number of hydrogen-bond donors (Lipinski definition) is 2. The van der Waals surface area contributed by atoms with Crippen molar-refractivity contribution in [3.63, 3.8) is 0 Å². The van der Waals surface area contributed by atoms with Crippen molar-refractivity contribution >= 4 is 11.7 Å². The molecule has 2 aliphatic heterocycles. The van der Waals surface area contributed by atoms with Crippen LogP contribution in [-0.2, 0) is 7.05 Å². The predicted octanol–water partition coefficient (Wildman–Crippen LogP) is -0.360. The van der Waals surface area contributed by atoms with Gasteiger partial charge in [0, 0.05) is 31.2 Å². The molecule has 1 atom stereocenters. The monoisotopic (exact) mass is 260 g/mol. The number of fused-ring (bicyclic) bond motifs is 1. The lowest BCUT2D eigenvalue weighted by molar-refractivity contribution is 0.307. The molecule has 2 N–H and O–H groups in total. The van der Waals surface area contributed by atoms with Crippen molar-refractivity contribution in [2.24, 2.45) is 17.0 Å². The van der Waals surface area contributed by atoms with E-state index in [9.17, 15) is 0 Å². The Morgan fingerprint density at radius 2 is 2.47 bits per heavy atom. The van der Waals surface area contributed by atoms with Crippen molar-refractivity contribution in [2.75, 3.05) is 19.7 Å². The lowest BCUT2D eigenvalue weighted by Gasteiger charge is -2.27. The van der Waals surface area contributed by atoms with Crippen LogP contribution in [0.25, 0.3) is 0 Å². The Kier molecular flexibility index (Phi) is 3.04. The van der Waals surface area contributed by atoms with Crippen LogP contribution in [0.15, 0.2) is 34.8 Å². The maximum atomic E-state index is 8.85. The van der Waals surface area contributed by atoms with Crippen LogP contribution in [-0.4, -0.2) is 51.2 Å². The van der Waals surface area contributed by atoms with Gasteiger partial charge in [0.2, 0.25) is 0 Å². The molecule has 0 bridgehead atoms. The van der Waals surface area contributed by atoms with Gasteiger partial charge in [-0.3, -0.25) is 14.7 Å². The van der Waals surface area contributed by atoms with Gasteiger partial charge in [-0.15, -0.1) is 0 Å². The molecule has 1 unspecified atom stereocenters. The molecule has 3 heterocycles.